The molecule has 704 valence electrons. The lowest BCUT2D eigenvalue weighted by Gasteiger charge is -2.34. The van der Waals surface area contributed by atoms with Gasteiger partial charge < -0.3 is 89.3 Å². The maximum atomic E-state index is 12.3. The first kappa shape index (κ1) is 108. The van der Waals surface area contributed by atoms with Crippen LogP contribution in [0, 0.1) is 9.54 Å². The zero-order valence-corrected chi connectivity index (χ0v) is 80.0. The first-order chi connectivity index (χ1) is 58.0. The summed E-state index contributed by atoms with van der Waals surface area (Å²) in [5.74, 6) is -2.57. The van der Waals surface area contributed by atoms with Crippen LogP contribution in [0.2, 0.25) is 0 Å². The van der Waals surface area contributed by atoms with Gasteiger partial charge in [-0.2, -0.15) is 0 Å². The van der Waals surface area contributed by atoms with E-state index in [0.717, 1.165) is 53.1 Å². The summed E-state index contributed by atoms with van der Waals surface area (Å²) in [5, 5.41) is 95.6. The Kier molecular flexibility index (Phi) is 38.8. The van der Waals surface area contributed by atoms with Crippen molar-refractivity contribution in [2.75, 3.05) is 111 Å². The number of allylic oxidation sites excluding steroid dienone is 1. The lowest BCUT2D eigenvalue weighted by Crippen LogP contribution is -2.47. The van der Waals surface area contributed by atoms with Crippen LogP contribution in [-0.4, -0.2) is 364 Å². The number of rotatable bonds is 29. The number of carbonyl (C=O) groups is 6. The van der Waals surface area contributed by atoms with E-state index in [0.29, 0.717) is 43.5 Å². The molecule has 38 nitrogen and oxygen atoms in total. The van der Waals surface area contributed by atoms with Crippen LogP contribution in [0.15, 0.2) is 89.9 Å². The number of nitrogens with zero attached hydrogens (tertiary/aromatic N) is 6. The maximum Gasteiger partial charge on any atom is 0.332 e. The molecule has 0 aliphatic carbocycles. The fourth-order valence-electron chi connectivity index (χ4n) is 13.6. The Morgan fingerprint density at radius 1 is 0.508 bits per heavy atom. The lowest BCUT2D eigenvalue weighted by atomic mass is 10.1. The number of aromatic amines is 3. The minimum absolute atomic E-state index is 0.0544. The van der Waals surface area contributed by atoms with Crippen molar-refractivity contribution >= 4 is 131 Å². The molecule has 1 amide bonds. The number of hydrogen-bond donors (Lipinski definition) is 13. The Bertz CT molecular complexity index is 5490. The van der Waals surface area contributed by atoms with E-state index >= 15 is 0 Å². The smallest absolute Gasteiger partial charge is 0.332 e. The quantitative estimate of drug-likeness (QED) is 0.00909. The molecule has 20 atom stereocenters. The van der Waals surface area contributed by atoms with Crippen molar-refractivity contribution in [2.24, 2.45) is 7.05 Å². The number of ether oxygens (including phenoxy) is 7. The number of ketones is 4. The van der Waals surface area contributed by atoms with E-state index in [1.165, 1.54) is 78.5 Å². The topological polar surface area (TPSA) is 539 Å². The molecule has 4 aromatic rings. The minimum atomic E-state index is -1.34. The molecule has 45 heteroatoms. The molecule has 6 aliphatic rings. The second-order valence-electron chi connectivity index (χ2n) is 35.3. The number of aliphatic hydroxyl groups is 9. The Balaban J connectivity index is 0.000000244. The third kappa shape index (κ3) is 30.3. The largest absolute Gasteiger partial charge is 0.457 e. The fraction of sp³-hybridized carbons (Fsp3) is 0.593. The second kappa shape index (κ2) is 45.3. The molecule has 0 spiro atoms. The second-order valence-corrected chi connectivity index (χ2v) is 57.7. The molecule has 6 aliphatic heterocycles. The van der Waals surface area contributed by atoms with E-state index in [1.807, 2.05) is 0 Å². The maximum absolute atomic E-state index is 12.3. The van der Waals surface area contributed by atoms with Gasteiger partial charge in [0.2, 0.25) is 5.78 Å². The Labute approximate surface area is 740 Å². The molecular formula is C81H125N10O28P5S2. The number of methoxy groups -OCH3 is 1. The molecule has 4 aromatic heterocycles. The van der Waals surface area contributed by atoms with Crippen molar-refractivity contribution in [3.8, 4) is 0 Å². The average molecular weight is 1910 g/mol. The molecule has 5 saturated heterocycles. The molecule has 126 heavy (non-hydrogen) atoms. The highest BCUT2D eigenvalue weighted by molar-refractivity contribution is 7.73. The average Bonchev–Trinajstić information content (AvgIpc) is 1.64. The zero-order valence-electron chi connectivity index (χ0n) is 73.9. The Morgan fingerprint density at radius 3 is 1.26 bits per heavy atom. The number of amides is 1. The third-order valence-corrected chi connectivity index (χ3v) is 28.7. The van der Waals surface area contributed by atoms with Crippen molar-refractivity contribution in [3.05, 3.63) is 150 Å². The summed E-state index contributed by atoms with van der Waals surface area (Å²) in [6.07, 6.45) is 17.7. The van der Waals surface area contributed by atoms with Crippen LogP contribution in [0.3, 0.4) is 0 Å². The summed E-state index contributed by atoms with van der Waals surface area (Å²) in [6.45, 7) is 22.9. The summed E-state index contributed by atoms with van der Waals surface area (Å²) in [4.78, 5) is 149. The van der Waals surface area contributed by atoms with Gasteiger partial charge in [0.15, 0.2) is 58.9 Å². The van der Waals surface area contributed by atoms with Crippen molar-refractivity contribution in [2.45, 2.75) is 189 Å². The molecule has 0 radical (unpaired) electrons. The van der Waals surface area contributed by atoms with Crippen LogP contribution in [0.25, 0.3) is 6.08 Å². The molecule has 10 heterocycles. The minimum Gasteiger partial charge on any atom is -0.457 e. The van der Waals surface area contributed by atoms with Crippen molar-refractivity contribution < 1.29 is 108 Å². The van der Waals surface area contributed by atoms with Gasteiger partial charge in [0, 0.05) is 63.7 Å². The molecule has 5 fully saturated rings. The van der Waals surface area contributed by atoms with Crippen LogP contribution in [0.4, 0.5) is 0 Å². The summed E-state index contributed by atoms with van der Waals surface area (Å²) < 4.78 is 44.6. The van der Waals surface area contributed by atoms with Crippen molar-refractivity contribution in [1.82, 2.24) is 48.0 Å². The van der Waals surface area contributed by atoms with Crippen LogP contribution in [-0.2, 0) is 59.4 Å². The van der Waals surface area contributed by atoms with E-state index in [9.17, 15) is 103 Å². The summed E-state index contributed by atoms with van der Waals surface area (Å²) in [7, 11) is 2.87. The van der Waals surface area contributed by atoms with Gasteiger partial charge in [-0.25, -0.2) is 9.59 Å². The van der Waals surface area contributed by atoms with Crippen LogP contribution in [0.1, 0.15) is 117 Å². The number of carbonyl (C=O) groups excluding carboxylic acids is 6. The summed E-state index contributed by atoms with van der Waals surface area (Å²) in [6, 6.07) is 1.29. The number of Topliss-reactive ketones (excluding diaryl/α,β-unsaturated/α-hetero) is 3. The molecule has 5 unspecified atom stereocenters. The molecule has 0 aromatic carbocycles. The zero-order chi connectivity index (χ0) is 95.4. The highest BCUT2D eigenvalue weighted by atomic mass is 32.1. The van der Waals surface area contributed by atoms with E-state index in [4.69, 9.17) is 52.9 Å². The fourth-order valence-corrected chi connectivity index (χ4v) is 18.9. The number of aliphatic hydroxyl groups excluding tert-OH is 9. The van der Waals surface area contributed by atoms with Crippen LogP contribution >= 0.6 is 58.9 Å². The first-order valence-corrected chi connectivity index (χ1v) is 56.1. The third-order valence-electron chi connectivity index (χ3n) is 20.7. The number of esters is 1. The molecule has 0 saturated carbocycles. The van der Waals surface area contributed by atoms with E-state index in [-0.39, 0.29) is 49.3 Å². The predicted molar refractivity (Wildman–Crippen MR) is 498 cm³/mol. The van der Waals surface area contributed by atoms with E-state index < -0.39 is 216 Å². The van der Waals surface area contributed by atoms with E-state index in [2.05, 4.69) is 130 Å². The summed E-state index contributed by atoms with van der Waals surface area (Å²) in [5.41, 5.74) is -3.76. The lowest BCUT2D eigenvalue weighted by molar-refractivity contribution is -0.139. The highest BCUT2D eigenvalue weighted by Crippen LogP contribution is 2.45. The number of H-pyrrole nitrogens is 3. The Morgan fingerprint density at radius 2 is 0.881 bits per heavy atom. The van der Waals surface area contributed by atoms with Gasteiger partial charge in [-0.3, -0.25) is 85.7 Å². The van der Waals surface area contributed by atoms with E-state index in [1.54, 1.807) is 18.0 Å². The standard InChI is InChI=1S/C17H25N2O7PS.C17H25N2O6PS.C17H25N2O6P.C15H25N2O5P.C15H25N2O4P/c1-9(20)25-8-11(21)10-7-19(17(28)18-15(10)24)16-14(23)13(22)12(26-16)5-6-27(2,3)4;1-9(20)7-11(21)10-8-19(17(27)18-15(10)24)16-14(23)13(22)12(25-16)5-6-26(2,3)4;1-10(20)5-6-11-9-19(17(24)18-15(11)23)16-14(22)13(21)12(25-16)7-8-26(2,3)4;1-16-11(18)6-8-17(15(16)20)14-13(21-2)12(19)10(22-14)7-9-23(3,4)5;1-9-8-17(10(2)16-14(9)20)15-13(19)12(18)11(21-15)6-7-22(3,4)5/h7,12-14,16,22-23H,2,5-6,8H2,1,3-4H3,(H,18,24,28);8,12-14,16,22-23H,2,5-7H2,1,3-4H3,(H,18,24,27);5-6,9,12-14,16,21-22H,2,7-8H2,1,3-4H3,(H,18,23,24);6,8,10,12-14,19H,3,7,9H2,1-2,4-5H3;8,11-13,15,18-19H,2-3,6-7H2,1,4-5H3,(H,16,20)/b;;6-5+;;/t3*12-,13-,14-,16?;10-,12-,13-,14?;11-,12-,13-,15?/m11111/s1. The van der Waals surface area contributed by atoms with Gasteiger partial charge in [-0.1, -0.05) is 6.58 Å². The molecular weight excluding hydrogens is 1780 g/mol. The normalized spacial score (nSPS) is 27.4. The molecule has 0 bridgehead atoms. The van der Waals surface area contributed by atoms with Crippen molar-refractivity contribution in [3.63, 3.8) is 0 Å². The predicted octanol–water partition coefficient (Wildman–Crippen LogP) is 1.27. The van der Waals surface area contributed by atoms with Gasteiger partial charge in [-0.05, 0) is 187 Å². The summed E-state index contributed by atoms with van der Waals surface area (Å²) >= 11 is 10.2. The first-order valence-electron chi connectivity index (χ1n) is 40.0. The molecule has 10 rings (SSSR count). The van der Waals surface area contributed by atoms with Gasteiger partial charge in [0.1, 0.15) is 78.2 Å². The number of nitrogens with one attached hydrogen (secondary N) is 4. The number of aromatic nitrogens is 8. The van der Waals surface area contributed by atoms with Gasteiger partial charge in [0.25, 0.3) is 28.1 Å². The molecule has 13 N–H and O–H groups in total. The van der Waals surface area contributed by atoms with Gasteiger partial charge in [0.05, 0.1) is 48.1 Å². The van der Waals surface area contributed by atoms with Crippen LogP contribution < -0.4 is 38.9 Å². The van der Waals surface area contributed by atoms with Crippen molar-refractivity contribution in [1.29, 1.82) is 0 Å². The van der Waals surface area contributed by atoms with Gasteiger partial charge >= 0.3 is 17.3 Å². The SMILES string of the molecule is C=C1NC(=O)C(C)=CN1C1O[C@H](CCP(=C)(C)C)[C@@H](O)[C@H]1O.C=P(C)(C)CC[C@H]1OC(n2cc(/C=C/C(C)=O)c(=O)[nH]c2=O)[C@H](O)[C@@H]1O.C=P(C)(C)CC[C@H]1OC(n2cc(C(=O)CC(C)=O)c(=O)[nH]c2=S)[C@H](O)[C@@H]1O.C=P(C)(C)CC[C@H]1OC(n2cc(C(=O)COC(C)=O)c(=O)[nH]c2=S)[C@H](O)[C@@H]1O.C=P(C)(C)CC[C@H]1OC(n2ccc(=O)n(C)c2=O)[C@H](OC)[C@@H]1O. The van der Waals surface area contributed by atoms with Crippen LogP contribution in [0.5, 0.6) is 0 Å². The Hall–Kier alpha value is -6.90. The monoisotopic (exact) mass is 1900 g/mol. The van der Waals surface area contributed by atoms with Gasteiger partial charge in [-0.15, -0.1) is 65.9 Å². The highest BCUT2D eigenvalue weighted by Gasteiger charge is 2.50. The number of hydrogen-bond acceptors (Lipinski definition) is 31.